The van der Waals surface area contributed by atoms with E-state index in [2.05, 4.69) is 15.5 Å². The van der Waals surface area contributed by atoms with E-state index in [-0.39, 0.29) is 6.61 Å². The molecule has 0 saturated carbocycles. The molecule has 0 aromatic carbocycles. The predicted octanol–water partition coefficient (Wildman–Crippen LogP) is -1.03. The minimum absolute atomic E-state index is 0.132. The molecule has 0 unspecified atom stereocenters. The highest BCUT2D eigenvalue weighted by Gasteiger charge is 1.97. The lowest BCUT2D eigenvalue weighted by molar-refractivity contribution is 0.300. The van der Waals surface area contributed by atoms with Gasteiger partial charge in [-0.15, -0.1) is 5.10 Å². The summed E-state index contributed by atoms with van der Waals surface area (Å²) in [6.45, 7) is 0.678. The van der Waals surface area contributed by atoms with Crippen molar-refractivity contribution in [2.75, 3.05) is 13.2 Å². The Morgan fingerprint density at radius 3 is 2.88 bits per heavy atom. The van der Waals surface area contributed by atoms with Gasteiger partial charge in [0.15, 0.2) is 5.84 Å². The molecule has 1 rings (SSSR count). The molecule has 0 aromatic heterocycles. The normalized spacial score (nSPS) is 14.9. The van der Waals surface area contributed by atoms with Crippen molar-refractivity contribution in [2.45, 2.75) is 0 Å². The van der Waals surface area contributed by atoms with E-state index in [1.54, 1.807) is 6.21 Å². The fourth-order valence-corrected chi connectivity index (χ4v) is 0.380. The third kappa shape index (κ3) is 1.04. The summed E-state index contributed by atoms with van der Waals surface area (Å²) >= 11 is 0. The molecule has 0 spiro atoms. The van der Waals surface area contributed by atoms with Crippen LogP contribution in [0.25, 0.3) is 0 Å². The van der Waals surface area contributed by atoms with Crippen LogP contribution in [-0.2, 0) is 0 Å². The first kappa shape index (κ1) is 5.24. The topological polar surface area (TPSA) is 57.0 Å². The van der Waals surface area contributed by atoms with Gasteiger partial charge in [0.25, 0.3) is 0 Å². The smallest absolute Gasteiger partial charge is 0.169 e. The number of aliphatic hydroxyl groups is 1. The molecule has 8 heavy (non-hydrogen) atoms. The summed E-state index contributed by atoms with van der Waals surface area (Å²) in [7, 11) is 0. The molecule has 1 heterocycles. The van der Waals surface area contributed by atoms with Crippen molar-refractivity contribution in [1.82, 2.24) is 5.32 Å². The summed E-state index contributed by atoms with van der Waals surface area (Å²) in [5.41, 5.74) is 0. The lowest BCUT2D eigenvalue weighted by Crippen LogP contribution is -2.30. The summed E-state index contributed by atoms with van der Waals surface area (Å²) in [6.07, 6.45) is 1.61. The van der Waals surface area contributed by atoms with Crippen LogP contribution in [0.3, 0.4) is 0 Å². The molecule has 1 aliphatic heterocycles. The molecular formula is C4H7N3O. The Balaban J connectivity index is 2.03. The minimum atomic E-state index is 0.132. The second-order valence-electron chi connectivity index (χ2n) is 1.38. The number of rotatable bonds is 2. The minimum Gasteiger partial charge on any atom is -0.395 e. The number of amidine groups is 1. The quantitative estimate of drug-likeness (QED) is 0.481. The van der Waals surface area contributed by atoms with Crippen LogP contribution >= 0.6 is 0 Å². The number of nitrogens with zero attached hydrogens (tertiary/aromatic N) is 2. The molecule has 0 radical (unpaired) electrons. The Morgan fingerprint density at radius 2 is 2.50 bits per heavy atom. The Morgan fingerprint density at radius 1 is 1.75 bits per heavy atom. The van der Waals surface area contributed by atoms with Gasteiger partial charge in [-0.05, 0) is 0 Å². The zero-order valence-corrected chi connectivity index (χ0v) is 4.33. The van der Waals surface area contributed by atoms with E-state index in [0.717, 1.165) is 5.84 Å². The summed E-state index contributed by atoms with van der Waals surface area (Å²) < 4.78 is 0. The molecule has 0 bridgehead atoms. The van der Waals surface area contributed by atoms with E-state index in [4.69, 9.17) is 5.11 Å². The van der Waals surface area contributed by atoms with E-state index in [9.17, 15) is 0 Å². The second-order valence-corrected chi connectivity index (χ2v) is 1.38. The average molecular weight is 113 g/mol. The van der Waals surface area contributed by atoms with Crippen molar-refractivity contribution >= 4 is 12.1 Å². The van der Waals surface area contributed by atoms with Gasteiger partial charge >= 0.3 is 0 Å². The molecule has 1 aliphatic rings. The van der Waals surface area contributed by atoms with E-state index in [1.165, 1.54) is 0 Å². The predicted molar refractivity (Wildman–Crippen MR) is 31.0 cm³/mol. The second kappa shape index (κ2) is 2.42. The molecule has 0 aliphatic carbocycles. The van der Waals surface area contributed by atoms with E-state index in [0.29, 0.717) is 6.54 Å². The SMILES string of the molecule is OCCNC1=NN=C1. The molecule has 2 N–H and O–H groups in total. The number of hydrogen-bond donors (Lipinski definition) is 2. The molecule has 0 amide bonds. The van der Waals surface area contributed by atoms with Gasteiger partial charge in [0.05, 0.1) is 12.8 Å². The summed E-state index contributed by atoms with van der Waals surface area (Å²) in [6, 6.07) is 0. The Labute approximate surface area is 46.9 Å². The fraction of sp³-hybridized carbons (Fsp3) is 0.500. The van der Waals surface area contributed by atoms with Crippen molar-refractivity contribution in [3.63, 3.8) is 0 Å². The summed E-state index contributed by atoms with van der Waals surface area (Å²) in [5, 5.41) is 18.1. The van der Waals surface area contributed by atoms with Gasteiger partial charge in [-0.3, -0.25) is 0 Å². The number of nitrogens with one attached hydrogen (secondary N) is 1. The molecular weight excluding hydrogens is 106 g/mol. The molecule has 4 heteroatoms. The van der Waals surface area contributed by atoms with Crippen molar-refractivity contribution in [1.29, 1.82) is 0 Å². The fourth-order valence-electron chi connectivity index (χ4n) is 0.380. The first-order valence-corrected chi connectivity index (χ1v) is 2.39. The van der Waals surface area contributed by atoms with Crippen LogP contribution < -0.4 is 5.32 Å². The summed E-state index contributed by atoms with van der Waals surface area (Å²) in [4.78, 5) is 0. The third-order valence-corrected chi connectivity index (χ3v) is 0.763. The van der Waals surface area contributed by atoms with Crippen LogP contribution in [0, 0.1) is 0 Å². The lowest BCUT2D eigenvalue weighted by atomic mass is 10.5. The van der Waals surface area contributed by atoms with Crippen LogP contribution in [0.15, 0.2) is 10.2 Å². The van der Waals surface area contributed by atoms with Crippen LogP contribution in [-0.4, -0.2) is 30.3 Å². The molecule has 0 aromatic rings. The number of aliphatic hydroxyl groups excluding tert-OH is 1. The largest absolute Gasteiger partial charge is 0.395 e. The maximum absolute atomic E-state index is 8.27. The molecule has 0 fully saturated rings. The molecule has 44 valence electrons. The zero-order valence-electron chi connectivity index (χ0n) is 4.33. The van der Waals surface area contributed by atoms with E-state index >= 15 is 0 Å². The summed E-state index contributed by atoms with van der Waals surface area (Å²) in [5.74, 6) is 0.749. The highest BCUT2D eigenvalue weighted by molar-refractivity contribution is 6.32. The van der Waals surface area contributed by atoms with Crippen molar-refractivity contribution in [3.05, 3.63) is 0 Å². The van der Waals surface area contributed by atoms with E-state index < -0.39 is 0 Å². The standard InChI is InChI=1S/C4H7N3O/c8-2-1-5-4-3-6-7-4/h3,8H,1-2H2,(H,5,7). The Kier molecular flexibility index (Phi) is 1.58. The van der Waals surface area contributed by atoms with Gasteiger partial charge in [-0.1, -0.05) is 0 Å². The van der Waals surface area contributed by atoms with E-state index in [1.807, 2.05) is 0 Å². The van der Waals surface area contributed by atoms with Gasteiger partial charge in [-0.2, -0.15) is 5.10 Å². The molecule has 4 nitrogen and oxygen atoms in total. The average Bonchev–Trinajstić information content (AvgIpc) is 1.63. The monoisotopic (exact) mass is 113 g/mol. The highest BCUT2D eigenvalue weighted by Crippen LogP contribution is 1.82. The maximum Gasteiger partial charge on any atom is 0.169 e. The van der Waals surface area contributed by atoms with Crippen LogP contribution in [0.5, 0.6) is 0 Å². The van der Waals surface area contributed by atoms with Crippen LogP contribution in [0.1, 0.15) is 0 Å². The Bertz CT molecular complexity index is 129. The van der Waals surface area contributed by atoms with Gasteiger partial charge in [0, 0.05) is 6.54 Å². The van der Waals surface area contributed by atoms with Gasteiger partial charge in [0.1, 0.15) is 0 Å². The Hall–Kier alpha value is -0.900. The molecule has 0 atom stereocenters. The van der Waals surface area contributed by atoms with Crippen molar-refractivity contribution in [2.24, 2.45) is 10.2 Å². The van der Waals surface area contributed by atoms with Crippen molar-refractivity contribution < 1.29 is 5.11 Å². The maximum atomic E-state index is 8.27. The third-order valence-electron chi connectivity index (χ3n) is 0.763. The first-order valence-electron chi connectivity index (χ1n) is 2.39. The first-order chi connectivity index (χ1) is 3.93. The van der Waals surface area contributed by atoms with Gasteiger partial charge in [0.2, 0.25) is 0 Å². The molecule has 0 saturated heterocycles. The zero-order chi connectivity index (χ0) is 5.82. The number of hydrogen-bond acceptors (Lipinski definition) is 4. The van der Waals surface area contributed by atoms with Crippen molar-refractivity contribution in [3.8, 4) is 0 Å². The van der Waals surface area contributed by atoms with Crippen LogP contribution in [0.4, 0.5) is 0 Å². The van der Waals surface area contributed by atoms with Crippen LogP contribution in [0.2, 0.25) is 0 Å². The lowest BCUT2D eigenvalue weighted by Gasteiger charge is -2.04. The van der Waals surface area contributed by atoms with Gasteiger partial charge in [-0.25, -0.2) is 0 Å². The highest BCUT2D eigenvalue weighted by atomic mass is 16.3. The van der Waals surface area contributed by atoms with Gasteiger partial charge < -0.3 is 10.4 Å².